The molecule has 3 rings (SSSR count). The summed E-state index contributed by atoms with van der Waals surface area (Å²) in [4.78, 5) is 0.389. The number of nitrogens with one attached hydrogen (secondary N) is 1. The van der Waals surface area contributed by atoms with Gasteiger partial charge in [-0.15, -0.1) is 0 Å². The third-order valence-corrected chi connectivity index (χ3v) is 7.88. The van der Waals surface area contributed by atoms with Crippen LogP contribution in [-0.2, 0) is 20.0 Å². The van der Waals surface area contributed by atoms with Crippen LogP contribution >= 0.6 is 0 Å². The molecule has 0 aliphatic carbocycles. The van der Waals surface area contributed by atoms with Crippen molar-refractivity contribution in [1.82, 2.24) is 4.31 Å². The van der Waals surface area contributed by atoms with Gasteiger partial charge in [0, 0.05) is 18.8 Å². The summed E-state index contributed by atoms with van der Waals surface area (Å²) >= 11 is 0. The van der Waals surface area contributed by atoms with Gasteiger partial charge < -0.3 is 0 Å². The lowest BCUT2D eigenvalue weighted by Crippen LogP contribution is -2.27. The molecule has 0 radical (unpaired) electrons. The lowest BCUT2D eigenvalue weighted by Gasteiger charge is -2.16. The number of hydrogen-bond acceptors (Lipinski definition) is 4. The van der Waals surface area contributed by atoms with Crippen LogP contribution < -0.4 is 4.72 Å². The van der Waals surface area contributed by atoms with Gasteiger partial charge in [0.15, 0.2) is 0 Å². The van der Waals surface area contributed by atoms with E-state index in [0.29, 0.717) is 24.3 Å². The highest BCUT2D eigenvalue weighted by atomic mass is 32.2. The molecule has 0 saturated carbocycles. The molecule has 0 aromatic heterocycles. The van der Waals surface area contributed by atoms with Gasteiger partial charge in [-0.2, -0.15) is 4.31 Å². The van der Waals surface area contributed by atoms with Gasteiger partial charge in [-0.05, 0) is 68.1 Å². The fraction of sp³-hybridized carbons (Fsp3) is 0.333. The van der Waals surface area contributed by atoms with Crippen LogP contribution in [0.2, 0.25) is 0 Å². The second kappa shape index (κ2) is 7.02. The van der Waals surface area contributed by atoms with Crippen molar-refractivity contribution in [3.63, 3.8) is 0 Å². The summed E-state index contributed by atoms with van der Waals surface area (Å²) in [5.74, 6) is 0. The Morgan fingerprint density at radius 1 is 0.885 bits per heavy atom. The summed E-state index contributed by atoms with van der Waals surface area (Å²) in [6.07, 6.45) is 1.74. The van der Waals surface area contributed by atoms with Gasteiger partial charge in [-0.3, -0.25) is 4.72 Å². The minimum Gasteiger partial charge on any atom is -0.280 e. The van der Waals surface area contributed by atoms with E-state index < -0.39 is 20.0 Å². The van der Waals surface area contributed by atoms with Crippen LogP contribution in [0.25, 0.3) is 0 Å². The highest BCUT2D eigenvalue weighted by molar-refractivity contribution is 7.92. The maximum absolute atomic E-state index is 12.6. The molecule has 1 heterocycles. The first-order chi connectivity index (χ1) is 12.2. The zero-order valence-electron chi connectivity index (χ0n) is 14.8. The monoisotopic (exact) mass is 394 g/mol. The van der Waals surface area contributed by atoms with E-state index in [9.17, 15) is 16.8 Å². The Bertz CT molecular complexity index is 1010. The fourth-order valence-corrected chi connectivity index (χ4v) is 5.89. The lowest BCUT2D eigenvalue weighted by molar-refractivity contribution is 0.477. The number of hydrogen-bond donors (Lipinski definition) is 1. The molecule has 6 nitrogen and oxygen atoms in total. The molecule has 0 unspecified atom stereocenters. The van der Waals surface area contributed by atoms with E-state index >= 15 is 0 Å². The Morgan fingerprint density at radius 2 is 1.50 bits per heavy atom. The van der Waals surface area contributed by atoms with Crippen molar-refractivity contribution in [2.24, 2.45) is 0 Å². The first kappa shape index (κ1) is 18.9. The number of rotatable bonds is 5. The zero-order valence-corrected chi connectivity index (χ0v) is 16.4. The highest BCUT2D eigenvalue weighted by Gasteiger charge is 2.27. The number of benzene rings is 2. The van der Waals surface area contributed by atoms with E-state index in [-0.39, 0.29) is 9.79 Å². The quantitative estimate of drug-likeness (QED) is 0.845. The van der Waals surface area contributed by atoms with Crippen LogP contribution in [0.3, 0.4) is 0 Å². The number of sulfonamides is 2. The fourth-order valence-electron chi connectivity index (χ4n) is 2.98. The number of anilines is 1. The summed E-state index contributed by atoms with van der Waals surface area (Å²) in [5.41, 5.74) is 1.82. The van der Waals surface area contributed by atoms with Crippen LogP contribution in [0.15, 0.2) is 52.3 Å². The Kier molecular flexibility index (Phi) is 5.09. The summed E-state index contributed by atoms with van der Waals surface area (Å²) < 4.78 is 54.3. The summed E-state index contributed by atoms with van der Waals surface area (Å²) in [5, 5.41) is 0. The predicted molar refractivity (Wildman–Crippen MR) is 101 cm³/mol. The smallest absolute Gasteiger partial charge is 0.262 e. The maximum Gasteiger partial charge on any atom is 0.262 e. The van der Waals surface area contributed by atoms with E-state index in [1.54, 1.807) is 19.1 Å². The normalized spacial score (nSPS) is 15.9. The van der Waals surface area contributed by atoms with Crippen LogP contribution in [0.1, 0.15) is 24.0 Å². The number of aryl methyl sites for hydroxylation is 2. The van der Waals surface area contributed by atoms with Crippen LogP contribution in [-0.4, -0.2) is 34.2 Å². The van der Waals surface area contributed by atoms with Gasteiger partial charge in [0.05, 0.1) is 9.79 Å². The van der Waals surface area contributed by atoms with Crippen molar-refractivity contribution in [3.8, 4) is 0 Å². The molecule has 8 heteroatoms. The van der Waals surface area contributed by atoms with Gasteiger partial charge in [-0.25, -0.2) is 16.8 Å². The molecule has 1 saturated heterocycles. The summed E-state index contributed by atoms with van der Waals surface area (Å²) in [6.45, 7) is 4.63. The maximum atomic E-state index is 12.6. The van der Waals surface area contributed by atoms with E-state index in [0.717, 1.165) is 18.4 Å². The molecular weight excluding hydrogens is 372 g/mol. The van der Waals surface area contributed by atoms with E-state index in [1.165, 1.54) is 28.6 Å². The third kappa shape index (κ3) is 3.77. The SMILES string of the molecule is Cc1ccc(C)c(S(=O)(=O)Nc2ccc(S(=O)(=O)N3CCCC3)cc2)c1. The van der Waals surface area contributed by atoms with Crippen molar-refractivity contribution in [1.29, 1.82) is 0 Å². The molecule has 26 heavy (non-hydrogen) atoms. The van der Waals surface area contributed by atoms with Crippen molar-refractivity contribution >= 4 is 25.7 Å². The minimum atomic E-state index is -3.74. The highest BCUT2D eigenvalue weighted by Crippen LogP contribution is 2.24. The molecule has 0 atom stereocenters. The van der Waals surface area contributed by atoms with E-state index in [4.69, 9.17) is 0 Å². The molecule has 0 bridgehead atoms. The molecule has 2 aromatic carbocycles. The van der Waals surface area contributed by atoms with Crippen molar-refractivity contribution < 1.29 is 16.8 Å². The Hall–Kier alpha value is -1.90. The standard InChI is InChI=1S/C18H22N2O4S2/c1-14-5-6-15(2)18(13-14)25(21,22)19-16-7-9-17(10-8-16)26(23,24)20-11-3-4-12-20/h5-10,13,19H,3-4,11-12H2,1-2H3. The minimum absolute atomic E-state index is 0.175. The molecular formula is C18H22N2O4S2. The molecule has 140 valence electrons. The molecule has 0 spiro atoms. The van der Waals surface area contributed by atoms with Crippen LogP contribution in [0, 0.1) is 13.8 Å². The molecule has 1 aliphatic heterocycles. The van der Waals surface area contributed by atoms with Gasteiger partial charge in [0.25, 0.3) is 10.0 Å². The molecule has 1 aliphatic rings. The van der Waals surface area contributed by atoms with Crippen molar-refractivity contribution in [2.75, 3.05) is 17.8 Å². The second-order valence-corrected chi connectivity index (χ2v) is 10.1. The van der Waals surface area contributed by atoms with Gasteiger partial charge >= 0.3 is 0 Å². The van der Waals surface area contributed by atoms with E-state index in [2.05, 4.69) is 4.72 Å². The average Bonchev–Trinajstić information content (AvgIpc) is 3.12. The Morgan fingerprint density at radius 3 is 2.12 bits per heavy atom. The first-order valence-corrected chi connectivity index (χ1v) is 11.3. The summed E-state index contributed by atoms with van der Waals surface area (Å²) in [7, 11) is -7.25. The van der Waals surface area contributed by atoms with Crippen LogP contribution in [0.4, 0.5) is 5.69 Å². The van der Waals surface area contributed by atoms with E-state index in [1.807, 2.05) is 13.0 Å². The third-order valence-electron chi connectivity index (χ3n) is 4.44. The largest absolute Gasteiger partial charge is 0.280 e. The molecule has 0 amide bonds. The lowest BCUT2D eigenvalue weighted by atomic mass is 10.2. The van der Waals surface area contributed by atoms with Gasteiger partial charge in [0.1, 0.15) is 0 Å². The summed E-state index contributed by atoms with van der Waals surface area (Å²) in [6, 6.07) is 11.1. The van der Waals surface area contributed by atoms with Gasteiger partial charge in [-0.1, -0.05) is 12.1 Å². The topological polar surface area (TPSA) is 83.5 Å². The predicted octanol–water partition coefficient (Wildman–Crippen LogP) is 2.89. The Balaban J connectivity index is 1.84. The first-order valence-electron chi connectivity index (χ1n) is 8.40. The molecule has 2 aromatic rings. The Labute approximate surface area is 155 Å². The van der Waals surface area contributed by atoms with Crippen LogP contribution in [0.5, 0.6) is 0 Å². The zero-order chi connectivity index (χ0) is 18.9. The second-order valence-electron chi connectivity index (χ2n) is 6.51. The average molecular weight is 395 g/mol. The molecule has 1 N–H and O–H groups in total. The van der Waals surface area contributed by atoms with Crippen molar-refractivity contribution in [2.45, 2.75) is 36.5 Å². The van der Waals surface area contributed by atoms with Crippen molar-refractivity contribution in [3.05, 3.63) is 53.6 Å². The molecule has 1 fully saturated rings. The van der Waals surface area contributed by atoms with Gasteiger partial charge in [0.2, 0.25) is 10.0 Å². The number of nitrogens with zero attached hydrogens (tertiary/aromatic N) is 1.